The first kappa shape index (κ1) is 13.8. The molecular weight excluding hydrogens is 278 g/mol. The number of benzene rings is 2. The Kier molecular flexibility index (Phi) is 4.40. The minimum atomic E-state index is -0.338. The van der Waals surface area contributed by atoms with Crippen LogP contribution in [0.4, 0.5) is 0 Å². The van der Waals surface area contributed by atoms with Crippen LogP contribution in [0.1, 0.15) is 6.92 Å². The summed E-state index contributed by atoms with van der Waals surface area (Å²) < 4.78 is 5.60. The smallest absolute Gasteiger partial charge is 0.145 e. The van der Waals surface area contributed by atoms with E-state index in [0.29, 0.717) is 15.8 Å². The maximum absolute atomic E-state index is 6.22. The summed E-state index contributed by atoms with van der Waals surface area (Å²) in [6.45, 7) is 1.80. The lowest BCUT2D eigenvalue weighted by atomic mass is 10.1. The second-order valence-electron chi connectivity index (χ2n) is 4.17. The Morgan fingerprint density at radius 3 is 2.42 bits per heavy atom. The fourth-order valence-corrected chi connectivity index (χ4v) is 1.93. The van der Waals surface area contributed by atoms with Gasteiger partial charge in [0.1, 0.15) is 16.8 Å². The minimum absolute atomic E-state index is 0.309. The van der Waals surface area contributed by atoms with Crippen molar-refractivity contribution in [3.05, 3.63) is 53.6 Å². The van der Waals surface area contributed by atoms with Gasteiger partial charge in [0.2, 0.25) is 0 Å². The molecule has 0 spiro atoms. The van der Waals surface area contributed by atoms with Crippen molar-refractivity contribution in [2.45, 2.75) is 13.0 Å². The molecule has 2 N–H and O–H groups in total. The van der Waals surface area contributed by atoms with E-state index >= 15 is 0 Å². The molecule has 2 aromatic carbocycles. The molecule has 98 valence electrons. The lowest BCUT2D eigenvalue weighted by molar-refractivity contribution is 0.288. The number of halogens is 1. The Labute approximate surface area is 123 Å². The van der Waals surface area contributed by atoms with E-state index in [9.17, 15) is 0 Å². The monoisotopic (exact) mass is 291 g/mol. The van der Waals surface area contributed by atoms with Crippen LogP contribution in [-0.4, -0.2) is 11.1 Å². The van der Waals surface area contributed by atoms with Gasteiger partial charge in [-0.3, -0.25) is 0 Å². The summed E-state index contributed by atoms with van der Waals surface area (Å²) in [6, 6.07) is 15.7. The average molecular weight is 292 g/mol. The zero-order valence-corrected chi connectivity index (χ0v) is 12.0. The lowest BCUT2D eigenvalue weighted by Crippen LogP contribution is -2.28. The van der Waals surface area contributed by atoms with E-state index in [0.717, 1.165) is 11.1 Å². The molecule has 1 atom stereocenters. The summed E-state index contributed by atoms with van der Waals surface area (Å²) in [6.07, 6.45) is -0.338. The Morgan fingerprint density at radius 2 is 1.84 bits per heavy atom. The van der Waals surface area contributed by atoms with Crippen LogP contribution in [-0.2, 0) is 0 Å². The van der Waals surface area contributed by atoms with E-state index in [2.05, 4.69) is 0 Å². The summed E-state index contributed by atoms with van der Waals surface area (Å²) in [5, 5.41) is 0.546. The van der Waals surface area contributed by atoms with Gasteiger partial charge in [-0.05, 0) is 30.2 Å². The second kappa shape index (κ2) is 6.04. The SMILES string of the molecule is CC(Oc1ccc(-c2ccccc2)cc1Cl)C(N)=S. The highest BCUT2D eigenvalue weighted by atomic mass is 35.5. The highest BCUT2D eigenvalue weighted by Crippen LogP contribution is 2.30. The van der Waals surface area contributed by atoms with Gasteiger partial charge in [0, 0.05) is 0 Å². The Morgan fingerprint density at radius 1 is 1.16 bits per heavy atom. The molecule has 0 radical (unpaired) electrons. The summed E-state index contributed by atoms with van der Waals surface area (Å²) in [7, 11) is 0. The van der Waals surface area contributed by atoms with E-state index in [1.807, 2.05) is 48.5 Å². The van der Waals surface area contributed by atoms with E-state index in [-0.39, 0.29) is 6.10 Å². The number of hydrogen-bond donors (Lipinski definition) is 1. The fraction of sp³-hybridized carbons (Fsp3) is 0.133. The summed E-state index contributed by atoms with van der Waals surface area (Å²) in [4.78, 5) is 0.309. The molecule has 2 rings (SSSR count). The zero-order chi connectivity index (χ0) is 13.8. The van der Waals surface area contributed by atoms with Gasteiger partial charge in [0.25, 0.3) is 0 Å². The molecule has 19 heavy (non-hydrogen) atoms. The number of thiocarbonyl (C=S) groups is 1. The standard InChI is InChI=1S/C15H14ClNOS/c1-10(15(17)19)18-14-8-7-12(9-13(14)16)11-5-3-2-4-6-11/h2-10H,1H3,(H2,17,19). The van der Waals surface area contributed by atoms with Gasteiger partial charge in [0.15, 0.2) is 0 Å². The maximum atomic E-state index is 6.22. The summed E-state index contributed by atoms with van der Waals surface area (Å²) >= 11 is 11.1. The van der Waals surface area contributed by atoms with Gasteiger partial charge in [-0.25, -0.2) is 0 Å². The molecule has 0 aliphatic carbocycles. The highest BCUT2D eigenvalue weighted by Gasteiger charge is 2.10. The van der Waals surface area contributed by atoms with Crippen molar-refractivity contribution in [2.75, 3.05) is 0 Å². The minimum Gasteiger partial charge on any atom is -0.482 e. The first-order chi connectivity index (χ1) is 9.08. The van der Waals surface area contributed by atoms with Crippen molar-refractivity contribution in [2.24, 2.45) is 5.73 Å². The van der Waals surface area contributed by atoms with Gasteiger partial charge in [-0.15, -0.1) is 0 Å². The van der Waals surface area contributed by atoms with Crippen LogP contribution in [0, 0.1) is 0 Å². The van der Waals surface area contributed by atoms with Crippen molar-refractivity contribution in [3.63, 3.8) is 0 Å². The normalized spacial score (nSPS) is 11.9. The molecule has 0 aliphatic rings. The molecule has 0 fully saturated rings. The predicted molar refractivity (Wildman–Crippen MR) is 83.8 cm³/mol. The van der Waals surface area contributed by atoms with E-state index in [4.69, 9.17) is 34.3 Å². The molecule has 2 nitrogen and oxygen atoms in total. The number of ether oxygens (including phenoxy) is 1. The molecule has 1 unspecified atom stereocenters. The van der Waals surface area contributed by atoms with Crippen LogP contribution in [0.2, 0.25) is 5.02 Å². The second-order valence-corrected chi connectivity index (χ2v) is 5.05. The van der Waals surface area contributed by atoms with Crippen LogP contribution >= 0.6 is 23.8 Å². The van der Waals surface area contributed by atoms with Crippen molar-refractivity contribution < 1.29 is 4.74 Å². The molecule has 0 aromatic heterocycles. The summed E-state index contributed by atoms with van der Waals surface area (Å²) in [5.74, 6) is 0.585. The van der Waals surface area contributed by atoms with Gasteiger partial charge >= 0.3 is 0 Å². The van der Waals surface area contributed by atoms with Crippen LogP contribution in [0.15, 0.2) is 48.5 Å². The van der Waals surface area contributed by atoms with Crippen LogP contribution in [0.25, 0.3) is 11.1 Å². The fourth-order valence-electron chi connectivity index (χ4n) is 1.66. The molecule has 0 amide bonds. The van der Waals surface area contributed by atoms with Crippen LogP contribution in [0.3, 0.4) is 0 Å². The molecular formula is C15H14ClNOS. The van der Waals surface area contributed by atoms with Crippen LogP contribution in [0.5, 0.6) is 5.75 Å². The Bertz CT molecular complexity index is 586. The van der Waals surface area contributed by atoms with Crippen molar-refractivity contribution in [1.29, 1.82) is 0 Å². The lowest BCUT2D eigenvalue weighted by Gasteiger charge is -2.15. The molecule has 0 heterocycles. The number of hydrogen-bond acceptors (Lipinski definition) is 2. The van der Waals surface area contributed by atoms with Gasteiger partial charge in [-0.1, -0.05) is 60.2 Å². The van der Waals surface area contributed by atoms with Crippen molar-refractivity contribution in [3.8, 4) is 16.9 Å². The quantitative estimate of drug-likeness (QED) is 0.863. The topological polar surface area (TPSA) is 35.2 Å². The number of nitrogens with two attached hydrogens (primary N) is 1. The third-order valence-electron chi connectivity index (χ3n) is 2.74. The van der Waals surface area contributed by atoms with Crippen molar-refractivity contribution in [1.82, 2.24) is 0 Å². The first-order valence-electron chi connectivity index (χ1n) is 5.89. The highest BCUT2D eigenvalue weighted by molar-refractivity contribution is 7.80. The molecule has 0 bridgehead atoms. The van der Waals surface area contributed by atoms with Gasteiger partial charge in [0.05, 0.1) is 5.02 Å². The number of rotatable bonds is 4. The Balaban J connectivity index is 2.25. The Hall–Kier alpha value is -1.58. The van der Waals surface area contributed by atoms with Crippen LogP contribution < -0.4 is 10.5 Å². The van der Waals surface area contributed by atoms with Gasteiger partial charge < -0.3 is 10.5 Å². The maximum Gasteiger partial charge on any atom is 0.145 e. The van der Waals surface area contributed by atoms with E-state index in [1.54, 1.807) is 6.92 Å². The molecule has 0 aliphatic heterocycles. The predicted octanol–water partition coefficient (Wildman–Crippen LogP) is 4.06. The first-order valence-corrected chi connectivity index (χ1v) is 6.67. The average Bonchev–Trinajstić information content (AvgIpc) is 2.41. The third-order valence-corrected chi connectivity index (χ3v) is 3.37. The largest absolute Gasteiger partial charge is 0.482 e. The zero-order valence-electron chi connectivity index (χ0n) is 10.5. The van der Waals surface area contributed by atoms with E-state index < -0.39 is 0 Å². The van der Waals surface area contributed by atoms with Gasteiger partial charge in [-0.2, -0.15) is 0 Å². The third kappa shape index (κ3) is 3.46. The summed E-state index contributed by atoms with van der Waals surface area (Å²) in [5.41, 5.74) is 7.67. The molecule has 0 saturated carbocycles. The van der Waals surface area contributed by atoms with E-state index in [1.165, 1.54) is 0 Å². The molecule has 4 heteroatoms. The van der Waals surface area contributed by atoms with Crippen molar-refractivity contribution >= 4 is 28.8 Å². The molecule has 2 aromatic rings. The molecule has 0 saturated heterocycles.